The highest BCUT2D eigenvalue weighted by Gasteiger charge is 2.24. The van der Waals surface area contributed by atoms with Gasteiger partial charge >= 0.3 is 0 Å². The molecule has 0 amide bonds. The molecule has 0 N–H and O–H groups in total. The van der Waals surface area contributed by atoms with Crippen molar-refractivity contribution in [3.63, 3.8) is 0 Å². The molecule has 0 aliphatic carbocycles. The minimum atomic E-state index is 0.444. The molecule has 2 fully saturated rings. The van der Waals surface area contributed by atoms with Crippen molar-refractivity contribution in [2.45, 2.75) is 32.4 Å². The number of piperazine rings is 1. The van der Waals surface area contributed by atoms with Crippen molar-refractivity contribution in [3.8, 4) is 11.5 Å². The van der Waals surface area contributed by atoms with E-state index in [1.165, 1.54) is 12.8 Å². The molecule has 6 heteroatoms. The molecular formula is C20H26ClN3O2. The van der Waals surface area contributed by atoms with E-state index in [0.29, 0.717) is 17.0 Å². The Hall–Kier alpha value is -1.40. The van der Waals surface area contributed by atoms with E-state index in [-0.39, 0.29) is 0 Å². The van der Waals surface area contributed by atoms with Gasteiger partial charge in [-0.3, -0.25) is 9.80 Å². The maximum absolute atomic E-state index is 6.08. The monoisotopic (exact) mass is 375 g/mol. The normalized spacial score (nSPS) is 22.2. The molecule has 5 nitrogen and oxygen atoms in total. The number of ether oxygens (including phenoxy) is 1. The molecule has 0 saturated carbocycles. The SMILES string of the molecule is Cc1oc(-c2cccc(Cl)c2)nc1CN1CCN(C[C@@H]2CCCO2)CC1. The van der Waals surface area contributed by atoms with Gasteiger partial charge in [0.2, 0.25) is 5.89 Å². The van der Waals surface area contributed by atoms with Crippen LogP contribution in [0.1, 0.15) is 24.3 Å². The highest BCUT2D eigenvalue weighted by atomic mass is 35.5. The van der Waals surface area contributed by atoms with Crippen LogP contribution >= 0.6 is 11.6 Å². The summed E-state index contributed by atoms with van der Waals surface area (Å²) in [6.45, 7) is 9.15. The van der Waals surface area contributed by atoms with Gasteiger partial charge < -0.3 is 9.15 Å². The molecule has 3 heterocycles. The highest BCUT2D eigenvalue weighted by Crippen LogP contribution is 2.25. The molecule has 2 aromatic rings. The van der Waals surface area contributed by atoms with E-state index < -0.39 is 0 Å². The van der Waals surface area contributed by atoms with Gasteiger partial charge in [-0.1, -0.05) is 17.7 Å². The Morgan fingerprint density at radius 3 is 2.73 bits per heavy atom. The van der Waals surface area contributed by atoms with Crippen LogP contribution in [-0.4, -0.2) is 60.2 Å². The Labute approximate surface area is 159 Å². The van der Waals surface area contributed by atoms with E-state index >= 15 is 0 Å². The van der Waals surface area contributed by atoms with Gasteiger partial charge in [-0.25, -0.2) is 4.98 Å². The fourth-order valence-corrected chi connectivity index (χ4v) is 3.93. The number of benzene rings is 1. The Morgan fingerprint density at radius 2 is 2.00 bits per heavy atom. The topological polar surface area (TPSA) is 41.7 Å². The number of aromatic nitrogens is 1. The summed E-state index contributed by atoms with van der Waals surface area (Å²) in [5.41, 5.74) is 1.95. The molecule has 2 aliphatic rings. The lowest BCUT2D eigenvalue weighted by Gasteiger charge is -2.35. The average molecular weight is 376 g/mol. The lowest BCUT2D eigenvalue weighted by Crippen LogP contribution is -2.48. The fraction of sp³-hybridized carbons (Fsp3) is 0.550. The predicted octanol–water partition coefficient (Wildman–Crippen LogP) is 3.60. The van der Waals surface area contributed by atoms with Crippen LogP contribution in [0.2, 0.25) is 5.02 Å². The first-order chi connectivity index (χ1) is 12.7. The van der Waals surface area contributed by atoms with Crippen LogP contribution in [0.4, 0.5) is 0 Å². The Morgan fingerprint density at radius 1 is 1.19 bits per heavy atom. The van der Waals surface area contributed by atoms with Crippen LogP contribution in [0.5, 0.6) is 0 Å². The number of hydrogen-bond acceptors (Lipinski definition) is 5. The number of aryl methyl sites for hydroxylation is 1. The van der Waals surface area contributed by atoms with Crippen molar-refractivity contribution in [3.05, 3.63) is 40.7 Å². The largest absolute Gasteiger partial charge is 0.441 e. The third-order valence-electron chi connectivity index (χ3n) is 5.29. The molecule has 140 valence electrons. The third-order valence-corrected chi connectivity index (χ3v) is 5.52. The molecule has 4 rings (SSSR count). The quantitative estimate of drug-likeness (QED) is 0.798. The summed E-state index contributed by atoms with van der Waals surface area (Å²) >= 11 is 6.08. The zero-order valence-corrected chi connectivity index (χ0v) is 16.0. The zero-order chi connectivity index (χ0) is 17.9. The van der Waals surface area contributed by atoms with Crippen LogP contribution in [0.25, 0.3) is 11.5 Å². The standard InChI is InChI=1S/C20H26ClN3O2/c1-15-19(22-20(26-15)16-4-2-5-17(21)12-16)14-24-9-7-23(8-10-24)13-18-6-3-11-25-18/h2,4-5,12,18H,3,6-11,13-14H2,1H3/t18-/m0/s1. The van der Waals surface area contributed by atoms with Gasteiger partial charge in [0.15, 0.2) is 0 Å². The fourth-order valence-electron chi connectivity index (χ4n) is 3.74. The van der Waals surface area contributed by atoms with E-state index in [0.717, 1.165) is 62.9 Å². The van der Waals surface area contributed by atoms with Gasteiger partial charge in [-0.2, -0.15) is 0 Å². The van der Waals surface area contributed by atoms with E-state index in [9.17, 15) is 0 Å². The maximum atomic E-state index is 6.08. The highest BCUT2D eigenvalue weighted by molar-refractivity contribution is 6.30. The first-order valence-corrected chi connectivity index (χ1v) is 9.84. The maximum Gasteiger partial charge on any atom is 0.226 e. The molecule has 26 heavy (non-hydrogen) atoms. The van der Waals surface area contributed by atoms with Crippen molar-refractivity contribution in [2.75, 3.05) is 39.3 Å². The summed E-state index contributed by atoms with van der Waals surface area (Å²) in [6, 6.07) is 7.65. The minimum Gasteiger partial charge on any atom is -0.441 e. The van der Waals surface area contributed by atoms with E-state index in [1.54, 1.807) is 0 Å². The summed E-state index contributed by atoms with van der Waals surface area (Å²) < 4.78 is 11.6. The second kappa shape index (κ2) is 8.09. The van der Waals surface area contributed by atoms with Crippen LogP contribution in [0.3, 0.4) is 0 Å². The molecular weight excluding hydrogens is 350 g/mol. The molecule has 2 aliphatic heterocycles. The van der Waals surface area contributed by atoms with Crippen LogP contribution in [0, 0.1) is 6.92 Å². The molecule has 0 radical (unpaired) electrons. The van der Waals surface area contributed by atoms with Gasteiger partial charge in [0.05, 0.1) is 11.8 Å². The molecule has 1 aromatic heterocycles. The zero-order valence-electron chi connectivity index (χ0n) is 15.3. The van der Waals surface area contributed by atoms with E-state index in [2.05, 4.69) is 9.80 Å². The second-order valence-corrected chi connectivity index (χ2v) is 7.68. The summed E-state index contributed by atoms with van der Waals surface area (Å²) in [7, 11) is 0. The minimum absolute atomic E-state index is 0.444. The van der Waals surface area contributed by atoms with Crippen LogP contribution in [-0.2, 0) is 11.3 Å². The third kappa shape index (κ3) is 4.29. The molecule has 0 spiro atoms. The Bertz CT molecular complexity index is 734. The smallest absolute Gasteiger partial charge is 0.226 e. The molecule has 1 aromatic carbocycles. The van der Waals surface area contributed by atoms with Crippen molar-refractivity contribution in [2.24, 2.45) is 0 Å². The Kier molecular flexibility index (Phi) is 5.60. The van der Waals surface area contributed by atoms with Crippen LogP contribution < -0.4 is 0 Å². The molecule has 0 unspecified atom stereocenters. The molecule has 2 saturated heterocycles. The van der Waals surface area contributed by atoms with Gasteiger partial charge in [-0.15, -0.1) is 0 Å². The van der Waals surface area contributed by atoms with Crippen molar-refractivity contribution < 1.29 is 9.15 Å². The van der Waals surface area contributed by atoms with Crippen LogP contribution in [0.15, 0.2) is 28.7 Å². The number of oxazole rings is 1. The number of hydrogen-bond donors (Lipinski definition) is 0. The van der Waals surface area contributed by atoms with Gasteiger partial charge in [0.1, 0.15) is 5.76 Å². The molecule has 0 bridgehead atoms. The molecule has 1 atom stereocenters. The summed E-state index contributed by atoms with van der Waals surface area (Å²) in [6.07, 6.45) is 2.87. The summed E-state index contributed by atoms with van der Waals surface area (Å²) in [5.74, 6) is 1.54. The lowest BCUT2D eigenvalue weighted by atomic mass is 10.2. The van der Waals surface area contributed by atoms with Gasteiger partial charge in [-0.05, 0) is 38.0 Å². The average Bonchev–Trinajstić information content (AvgIpc) is 3.27. The summed E-state index contributed by atoms with van der Waals surface area (Å²) in [4.78, 5) is 9.70. The Balaban J connectivity index is 1.33. The van der Waals surface area contributed by atoms with Crippen molar-refractivity contribution >= 4 is 11.6 Å². The first kappa shape index (κ1) is 18.0. The second-order valence-electron chi connectivity index (χ2n) is 7.24. The number of nitrogens with zero attached hydrogens (tertiary/aromatic N) is 3. The van der Waals surface area contributed by atoms with Gasteiger partial charge in [0.25, 0.3) is 0 Å². The number of rotatable bonds is 5. The lowest BCUT2D eigenvalue weighted by molar-refractivity contribution is 0.0486. The van der Waals surface area contributed by atoms with Gasteiger partial charge in [0, 0.05) is 56.5 Å². The number of halogens is 1. The predicted molar refractivity (Wildman–Crippen MR) is 102 cm³/mol. The van der Waals surface area contributed by atoms with Crippen molar-refractivity contribution in [1.29, 1.82) is 0 Å². The van der Waals surface area contributed by atoms with Crippen molar-refractivity contribution in [1.82, 2.24) is 14.8 Å². The summed E-state index contributed by atoms with van der Waals surface area (Å²) in [5, 5.41) is 0.697. The van der Waals surface area contributed by atoms with E-state index in [1.807, 2.05) is 31.2 Å². The van der Waals surface area contributed by atoms with E-state index in [4.69, 9.17) is 25.7 Å². The first-order valence-electron chi connectivity index (χ1n) is 9.46.